The maximum Gasteiger partial charge on any atom is 0.490 e. The fraction of sp³-hybridized carbons (Fsp3) is 0.379. The zero-order chi connectivity index (χ0) is 30.4. The molecule has 2 fully saturated rings. The fourth-order valence-corrected chi connectivity index (χ4v) is 5.90. The number of rotatable bonds is 5. The summed E-state index contributed by atoms with van der Waals surface area (Å²) in [6.07, 6.45) is -0.950. The van der Waals surface area contributed by atoms with E-state index in [2.05, 4.69) is 27.1 Å². The van der Waals surface area contributed by atoms with E-state index < -0.39 is 12.1 Å². The summed E-state index contributed by atoms with van der Waals surface area (Å²) in [6, 6.07) is 10.5. The Morgan fingerprint density at radius 3 is 2.36 bits per heavy atom. The van der Waals surface area contributed by atoms with Crippen molar-refractivity contribution in [2.75, 3.05) is 13.1 Å². The summed E-state index contributed by atoms with van der Waals surface area (Å²) in [5.41, 5.74) is 8.38. The first-order chi connectivity index (χ1) is 19.8. The second-order valence-corrected chi connectivity index (χ2v) is 11.3. The Morgan fingerprint density at radius 1 is 1.17 bits per heavy atom. The third-order valence-electron chi connectivity index (χ3n) is 7.86. The molecule has 3 N–H and O–H groups in total. The number of carboxylic acids is 1. The van der Waals surface area contributed by atoms with Crippen LogP contribution in [0, 0.1) is 19.3 Å². The minimum atomic E-state index is -5.08. The fourth-order valence-electron chi connectivity index (χ4n) is 5.64. The second kappa shape index (κ2) is 11.1. The Bertz CT molecular complexity index is 1650. The highest BCUT2D eigenvalue weighted by Gasteiger charge is 2.50. The average molecular weight is 604 g/mol. The zero-order valence-corrected chi connectivity index (χ0v) is 23.9. The van der Waals surface area contributed by atoms with Crippen LogP contribution < -0.4 is 5.32 Å². The topological polar surface area (TPSA) is 122 Å². The molecule has 0 radical (unpaired) electrons. The highest BCUT2D eigenvalue weighted by molar-refractivity contribution is 6.36. The summed E-state index contributed by atoms with van der Waals surface area (Å²) in [6.45, 7) is 8.06. The number of aromatic nitrogens is 4. The number of esters is 1. The van der Waals surface area contributed by atoms with Crippen molar-refractivity contribution in [3.63, 3.8) is 0 Å². The lowest BCUT2D eigenvalue weighted by atomic mass is 9.61. The van der Waals surface area contributed by atoms with Crippen molar-refractivity contribution < 1.29 is 32.6 Å². The van der Waals surface area contributed by atoms with Crippen molar-refractivity contribution in [2.24, 2.45) is 5.41 Å². The first-order valence-corrected chi connectivity index (χ1v) is 13.6. The average Bonchev–Trinajstić information content (AvgIpc) is 3.47. The Morgan fingerprint density at radius 2 is 1.81 bits per heavy atom. The summed E-state index contributed by atoms with van der Waals surface area (Å²) in [7, 11) is 0. The number of aromatic amines is 1. The number of alkyl halides is 3. The van der Waals surface area contributed by atoms with Crippen LogP contribution >= 0.6 is 11.6 Å². The Labute approximate surface area is 244 Å². The monoisotopic (exact) mass is 603 g/mol. The number of H-pyrrole nitrogens is 1. The molecule has 1 spiro atoms. The summed E-state index contributed by atoms with van der Waals surface area (Å²) < 4.78 is 39.1. The molecule has 4 aromatic rings. The van der Waals surface area contributed by atoms with Gasteiger partial charge < -0.3 is 15.2 Å². The van der Waals surface area contributed by atoms with Crippen molar-refractivity contribution in [3.8, 4) is 22.4 Å². The molecule has 1 aliphatic carbocycles. The number of halogens is 4. The second-order valence-electron chi connectivity index (χ2n) is 10.9. The van der Waals surface area contributed by atoms with E-state index in [1.807, 2.05) is 43.5 Å². The van der Waals surface area contributed by atoms with Gasteiger partial charge in [-0.15, -0.1) is 0 Å². The van der Waals surface area contributed by atoms with Gasteiger partial charge in [0.05, 0.1) is 22.8 Å². The summed E-state index contributed by atoms with van der Waals surface area (Å²) >= 11 is 6.97. The summed E-state index contributed by atoms with van der Waals surface area (Å²) in [4.78, 5) is 20.1. The van der Waals surface area contributed by atoms with Gasteiger partial charge >= 0.3 is 18.1 Å². The molecule has 3 heterocycles. The number of hydrogen-bond acceptors (Lipinski definition) is 6. The molecule has 2 aliphatic rings. The maximum absolute atomic E-state index is 11.2. The lowest BCUT2D eigenvalue weighted by Crippen LogP contribution is -2.60. The number of benzene rings is 2. The molecule has 2 aromatic heterocycles. The van der Waals surface area contributed by atoms with Gasteiger partial charge in [0.25, 0.3) is 0 Å². The van der Waals surface area contributed by atoms with Crippen molar-refractivity contribution in [3.05, 3.63) is 58.4 Å². The zero-order valence-electron chi connectivity index (χ0n) is 23.1. The molecule has 1 aliphatic heterocycles. The molecule has 2 aromatic carbocycles. The van der Waals surface area contributed by atoms with E-state index in [9.17, 15) is 18.0 Å². The molecule has 0 amide bonds. The van der Waals surface area contributed by atoms with Gasteiger partial charge in [-0.25, -0.2) is 4.79 Å². The van der Waals surface area contributed by atoms with Crippen LogP contribution in [0.4, 0.5) is 13.2 Å². The van der Waals surface area contributed by atoms with Crippen LogP contribution in [0.2, 0.25) is 5.02 Å². The predicted molar refractivity (Wildman–Crippen MR) is 150 cm³/mol. The molecule has 0 bridgehead atoms. The molecule has 222 valence electrons. The Hall–Kier alpha value is -3.90. The van der Waals surface area contributed by atoms with Crippen LogP contribution in [0.15, 0.2) is 36.5 Å². The molecule has 9 nitrogen and oxygen atoms in total. The van der Waals surface area contributed by atoms with E-state index in [-0.39, 0.29) is 12.6 Å². The van der Waals surface area contributed by atoms with Gasteiger partial charge in [-0.2, -0.15) is 23.4 Å². The van der Waals surface area contributed by atoms with Gasteiger partial charge in [-0.05, 0) is 49.3 Å². The number of nitrogens with one attached hydrogen (secondary N) is 2. The van der Waals surface area contributed by atoms with Crippen molar-refractivity contribution in [2.45, 2.75) is 52.4 Å². The van der Waals surface area contributed by atoms with Gasteiger partial charge in [0.1, 0.15) is 12.3 Å². The smallest absolute Gasteiger partial charge is 0.475 e. The molecule has 6 rings (SSSR count). The van der Waals surface area contributed by atoms with Gasteiger partial charge in [-0.3, -0.25) is 14.6 Å². The number of ether oxygens (including phenoxy) is 1. The SMILES string of the molecule is CC(=O)OCc1ccc(-c2nn(C3CC4(CNC4)C3)c(C)c2-c2c(Cl)c(C)cc3[nH]ncc23)cc1.O=C(O)C(F)(F)F. The highest BCUT2D eigenvalue weighted by atomic mass is 35.5. The Balaban J connectivity index is 0.000000451. The highest BCUT2D eigenvalue weighted by Crippen LogP contribution is 2.53. The minimum Gasteiger partial charge on any atom is -0.475 e. The van der Waals surface area contributed by atoms with Gasteiger partial charge in [-0.1, -0.05) is 35.9 Å². The summed E-state index contributed by atoms with van der Waals surface area (Å²) in [5.74, 6) is -3.05. The third kappa shape index (κ3) is 5.60. The van der Waals surface area contributed by atoms with Crippen LogP contribution in [-0.2, 0) is 20.9 Å². The number of hydrogen-bond donors (Lipinski definition) is 3. The first kappa shape index (κ1) is 29.6. The number of carbonyl (C=O) groups is 2. The van der Waals surface area contributed by atoms with Crippen LogP contribution in [-0.4, -0.2) is 56.3 Å². The van der Waals surface area contributed by atoms with E-state index in [1.165, 1.54) is 6.92 Å². The first-order valence-electron chi connectivity index (χ1n) is 13.2. The van der Waals surface area contributed by atoms with Gasteiger partial charge in [0.2, 0.25) is 0 Å². The van der Waals surface area contributed by atoms with Gasteiger partial charge in [0, 0.05) is 47.8 Å². The molecule has 1 saturated heterocycles. The van der Waals surface area contributed by atoms with Crippen molar-refractivity contribution >= 4 is 34.4 Å². The maximum atomic E-state index is 11.2. The molecule has 13 heteroatoms. The number of fused-ring (bicyclic) bond motifs is 1. The molecule has 0 unspecified atom stereocenters. The lowest BCUT2D eigenvalue weighted by Gasteiger charge is -2.54. The number of carboxylic acid groups (broad SMARTS) is 1. The van der Waals surface area contributed by atoms with Crippen molar-refractivity contribution in [1.82, 2.24) is 25.3 Å². The van der Waals surface area contributed by atoms with Crippen LogP contribution in [0.1, 0.15) is 42.6 Å². The molecular weight excluding hydrogens is 575 g/mol. The van der Waals surface area contributed by atoms with E-state index in [1.54, 1.807) is 0 Å². The predicted octanol–water partition coefficient (Wildman–Crippen LogP) is 5.98. The van der Waals surface area contributed by atoms with E-state index >= 15 is 0 Å². The number of nitrogens with zero attached hydrogens (tertiary/aromatic N) is 3. The standard InChI is InChI=1S/C27H28ClN5O2.C2HF3O2/c1-15-8-22-21(11-30-31-22)24(25(15)28)23-16(2)33(20-9-27(10-20)13-29-14-27)32-26(23)19-6-4-18(5-7-19)12-35-17(3)34;3-2(4,5)1(6)7/h4-8,11,20,29H,9-10,12-14H2,1-3H3,(H,30,31);(H,6,7). The van der Waals surface area contributed by atoms with Crippen LogP contribution in [0.5, 0.6) is 0 Å². The van der Waals surface area contributed by atoms with Crippen molar-refractivity contribution in [1.29, 1.82) is 0 Å². The molecule has 1 saturated carbocycles. The van der Waals surface area contributed by atoms with E-state index in [0.29, 0.717) is 11.5 Å². The van der Waals surface area contributed by atoms with E-state index in [4.69, 9.17) is 31.3 Å². The largest absolute Gasteiger partial charge is 0.490 e. The third-order valence-corrected chi connectivity index (χ3v) is 8.35. The number of aryl methyl sites for hydroxylation is 1. The van der Waals surface area contributed by atoms with Gasteiger partial charge in [0.15, 0.2) is 0 Å². The molecule has 42 heavy (non-hydrogen) atoms. The summed E-state index contributed by atoms with van der Waals surface area (Å²) in [5, 5.41) is 24.8. The molecule has 0 atom stereocenters. The molecular formula is C29H29ClF3N5O4. The Kier molecular flexibility index (Phi) is 7.80. The van der Waals surface area contributed by atoms with Crippen LogP contribution in [0.3, 0.4) is 0 Å². The minimum absolute atomic E-state index is 0.257. The number of carbonyl (C=O) groups excluding carboxylic acids is 1. The normalized spacial score (nSPS) is 16.0. The lowest BCUT2D eigenvalue weighted by molar-refractivity contribution is -0.192. The number of aliphatic carboxylic acids is 1. The van der Waals surface area contributed by atoms with Crippen LogP contribution in [0.25, 0.3) is 33.3 Å². The van der Waals surface area contributed by atoms with E-state index in [0.717, 1.165) is 81.1 Å². The quantitative estimate of drug-likeness (QED) is 0.240.